The van der Waals surface area contributed by atoms with Crippen LogP contribution in [0.3, 0.4) is 0 Å². The molecule has 1 unspecified atom stereocenters. The van der Waals surface area contributed by atoms with Crippen molar-refractivity contribution < 1.29 is 14.5 Å². The first-order valence-corrected chi connectivity index (χ1v) is 10.7. The zero-order valence-corrected chi connectivity index (χ0v) is 18.7. The number of anilines is 1. The zero-order valence-electron chi connectivity index (χ0n) is 16.4. The highest BCUT2D eigenvalue weighted by atomic mass is 35.5. The first kappa shape index (κ1) is 22.9. The van der Waals surface area contributed by atoms with Crippen LogP contribution in [0, 0.1) is 10.1 Å². The fourth-order valence-electron chi connectivity index (χ4n) is 2.65. The van der Waals surface area contributed by atoms with Crippen molar-refractivity contribution in [1.82, 2.24) is 14.8 Å². The minimum Gasteiger partial charge on any atom is -0.481 e. The fourth-order valence-corrected chi connectivity index (χ4v) is 3.73. The molecule has 1 heterocycles. The third-order valence-electron chi connectivity index (χ3n) is 4.13. The second-order valence-electron chi connectivity index (χ2n) is 6.35. The number of halogens is 2. The van der Waals surface area contributed by atoms with Crippen LogP contribution in [0.15, 0.2) is 47.6 Å². The smallest absolute Gasteiger partial charge is 0.289 e. The average Bonchev–Trinajstić information content (AvgIpc) is 3.10. The van der Waals surface area contributed by atoms with Crippen molar-refractivity contribution in [2.24, 2.45) is 7.05 Å². The number of carbonyl (C=O) groups excluding carboxylic acids is 1. The molecule has 9 nitrogen and oxygen atoms in total. The Bertz CT molecular complexity index is 1120. The number of ether oxygens (including phenoxy) is 1. The Labute approximate surface area is 191 Å². The van der Waals surface area contributed by atoms with E-state index in [-0.39, 0.29) is 28.1 Å². The Hall–Kier alpha value is -2.82. The van der Waals surface area contributed by atoms with E-state index in [2.05, 4.69) is 15.5 Å². The molecule has 0 saturated heterocycles. The molecule has 0 aliphatic carbocycles. The van der Waals surface area contributed by atoms with Gasteiger partial charge in [0.1, 0.15) is 10.8 Å². The van der Waals surface area contributed by atoms with Gasteiger partial charge in [-0.15, -0.1) is 10.2 Å². The molecule has 0 bridgehead atoms. The summed E-state index contributed by atoms with van der Waals surface area (Å²) in [5.41, 5.74) is -0.000291. The van der Waals surface area contributed by atoms with Gasteiger partial charge in [-0.05, 0) is 31.2 Å². The highest BCUT2D eigenvalue weighted by molar-refractivity contribution is 7.99. The Balaban J connectivity index is 1.61. The maximum atomic E-state index is 12.3. The Morgan fingerprint density at radius 1 is 1.26 bits per heavy atom. The normalized spacial score (nSPS) is 11.7. The van der Waals surface area contributed by atoms with Gasteiger partial charge in [-0.3, -0.25) is 14.9 Å². The number of nitro benzene ring substituents is 1. The minimum atomic E-state index is -0.611. The van der Waals surface area contributed by atoms with Gasteiger partial charge >= 0.3 is 0 Å². The van der Waals surface area contributed by atoms with Crippen LogP contribution in [0.4, 0.5) is 11.4 Å². The van der Waals surface area contributed by atoms with Crippen molar-refractivity contribution in [2.45, 2.75) is 18.2 Å². The lowest BCUT2D eigenvalue weighted by Crippen LogP contribution is -2.15. The lowest BCUT2D eigenvalue weighted by molar-refractivity contribution is -0.384. The van der Waals surface area contributed by atoms with Gasteiger partial charge in [0.25, 0.3) is 5.69 Å². The largest absolute Gasteiger partial charge is 0.481 e. The molecule has 0 radical (unpaired) electrons. The molecular weight excluding hydrogens is 465 g/mol. The van der Waals surface area contributed by atoms with Crippen molar-refractivity contribution >= 4 is 52.2 Å². The van der Waals surface area contributed by atoms with Gasteiger partial charge in [0.15, 0.2) is 17.1 Å². The number of rotatable bonds is 8. The molecule has 1 atom stereocenters. The van der Waals surface area contributed by atoms with Gasteiger partial charge in [-0.1, -0.05) is 47.1 Å². The number of nitro groups is 1. The number of nitrogens with one attached hydrogen (secondary N) is 1. The van der Waals surface area contributed by atoms with Gasteiger partial charge in [0.2, 0.25) is 5.91 Å². The van der Waals surface area contributed by atoms with E-state index in [4.69, 9.17) is 27.9 Å². The Morgan fingerprint density at radius 2 is 2.00 bits per heavy atom. The predicted molar refractivity (Wildman–Crippen MR) is 119 cm³/mol. The highest BCUT2D eigenvalue weighted by Gasteiger charge is 2.19. The van der Waals surface area contributed by atoms with Gasteiger partial charge < -0.3 is 14.6 Å². The third-order valence-corrected chi connectivity index (χ3v) is 5.78. The van der Waals surface area contributed by atoms with Gasteiger partial charge in [0.05, 0.1) is 15.7 Å². The summed E-state index contributed by atoms with van der Waals surface area (Å²) in [6.45, 7) is 1.82. The van der Waals surface area contributed by atoms with Gasteiger partial charge in [-0.2, -0.15) is 0 Å². The van der Waals surface area contributed by atoms with Crippen LogP contribution in [0.5, 0.6) is 5.75 Å². The standard InChI is InChI=1S/C19H17Cl2N5O4S/c1-11(30-16-6-4-3-5-14(16)21)18-23-24-19(25(18)2)31-10-17(27)22-12-7-8-13(20)15(9-12)26(28)29/h3-9,11H,10H2,1-2H3,(H,22,27). The summed E-state index contributed by atoms with van der Waals surface area (Å²) in [5, 5.41) is 22.8. The molecule has 2 aromatic carbocycles. The van der Waals surface area contributed by atoms with E-state index >= 15 is 0 Å². The predicted octanol–water partition coefficient (Wildman–Crippen LogP) is 4.90. The van der Waals surface area contributed by atoms with Crippen LogP contribution in [-0.2, 0) is 11.8 Å². The molecule has 12 heteroatoms. The van der Waals surface area contributed by atoms with Crippen LogP contribution < -0.4 is 10.1 Å². The molecule has 1 aromatic heterocycles. The van der Waals surface area contributed by atoms with Crippen LogP contribution in [0.2, 0.25) is 10.0 Å². The van der Waals surface area contributed by atoms with E-state index in [1.807, 2.05) is 19.1 Å². The SMILES string of the molecule is CC(Oc1ccccc1Cl)c1nnc(SCC(=O)Nc2ccc(Cl)c([N+](=O)[O-])c2)n1C. The molecule has 162 valence electrons. The second kappa shape index (κ2) is 9.99. The number of hydrogen-bond acceptors (Lipinski definition) is 7. The fraction of sp³-hybridized carbons (Fsp3) is 0.211. The number of nitrogens with zero attached hydrogens (tertiary/aromatic N) is 4. The van der Waals surface area contributed by atoms with Crippen LogP contribution >= 0.6 is 35.0 Å². The lowest BCUT2D eigenvalue weighted by atomic mass is 10.3. The van der Waals surface area contributed by atoms with Crippen molar-refractivity contribution in [3.05, 3.63) is 68.4 Å². The van der Waals surface area contributed by atoms with Crippen molar-refractivity contribution in [1.29, 1.82) is 0 Å². The number of amides is 1. The summed E-state index contributed by atoms with van der Waals surface area (Å²) in [5.74, 6) is 0.773. The maximum absolute atomic E-state index is 12.3. The Morgan fingerprint density at radius 3 is 2.71 bits per heavy atom. The monoisotopic (exact) mass is 481 g/mol. The minimum absolute atomic E-state index is 0.00267. The number of aromatic nitrogens is 3. The number of carbonyl (C=O) groups is 1. The molecule has 3 aromatic rings. The molecular formula is C19H17Cl2N5O4S. The third kappa shape index (κ3) is 5.66. The molecule has 0 spiro atoms. The van der Waals surface area contributed by atoms with E-state index in [0.717, 1.165) is 0 Å². The van der Waals surface area contributed by atoms with E-state index in [0.29, 0.717) is 21.8 Å². The summed E-state index contributed by atoms with van der Waals surface area (Å²) < 4.78 is 7.59. The quantitative estimate of drug-likeness (QED) is 0.276. The van der Waals surface area contributed by atoms with Crippen LogP contribution in [-0.4, -0.2) is 31.3 Å². The van der Waals surface area contributed by atoms with Gasteiger partial charge in [-0.25, -0.2) is 0 Å². The van der Waals surface area contributed by atoms with Crippen LogP contribution in [0.1, 0.15) is 18.9 Å². The molecule has 3 rings (SSSR count). The number of para-hydroxylation sites is 1. The van der Waals surface area contributed by atoms with E-state index in [9.17, 15) is 14.9 Å². The summed E-state index contributed by atoms with van der Waals surface area (Å²) in [4.78, 5) is 22.6. The summed E-state index contributed by atoms with van der Waals surface area (Å²) in [6, 6.07) is 11.2. The molecule has 0 fully saturated rings. The first-order chi connectivity index (χ1) is 14.8. The molecule has 0 aliphatic heterocycles. The van der Waals surface area contributed by atoms with Crippen molar-refractivity contribution in [3.8, 4) is 5.75 Å². The average molecular weight is 482 g/mol. The summed E-state index contributed by atoms with van der Waals surface area (Å²) in [7, 11) is 1.77. The lowest BCUT2D eigenvalue weighted by Gasteiger charge is -2.15. The van der Waals surface area contributed by atoms with Crippen molar-refractivity contribution in [2.75, 3.05) is 11.1 Å². The van der Waals surface area contributed by atoms with E-state index in [1.165, 1.54) is 30.0 Å². The second-order valence-corrected chi connectivity index (χ2v) is 8.11. The molecule has 0 aliphatic rings. The maximum Gasteiger partial charge on any atom is 0.289 e. The summed E-state index contributed by atoms with van der Waals surface area (Å²) >= 11 is 13.1. The first-order valence-electron chi connectivity index (χ1n) is 8.93. The van der Waals surface area contributed by atoms with E-state index < -0.39 is 11.0 Å². The van der Waals surface area contributed by atoms with Crippen LogP contribution in [0.25, 0.3) is 0 Å². The summed E-state index contributed by atoms with van der Waals surface area (Å²) in [6.07, 6.45) is -0.421. The number of benzene rings is 2. The van der Waals surface area contributed by atoms with Gasteiger partial charge in [0, 0.05) is 18.8 Å². The Kier molecular flexibility index (Phi) is 7.37. The number of hydrogen-bond donors (Lipinski definition) is 1. The molecule has 31 heavy (non-hydrogen) atoms. The van der Waals surface area contributed by atoms with Crippen molar-refractivity contribution in [3.63, 3.8) is 0 Å². The van der Waals surface area contributed by atoms with E-state index in [1.54, 1.807) is 23.7 Å². The molecule has 0 saturated carbocycles. The highest BCUT2D eigenvalue weighted by Crippen LogP contribution is 2.29. The molecule has 1 N–H and O–H groups in total. The zero-order chi connectivity index (χ0) is 22.5. The number of thioether (sulfide) groups is 1. The topological polar surface area (TPSA) is 112 Å². The molecule has 1 amide bonds.